The van der Waals surface area contributed by atoms with Crippen LogP contribution < -0.4 is 5.32 Å². The maximum absolute atomic E-state index is 13.7. The molecule has 0 fully saturated rings. The summed E-state index contributed by atoms with van der Waals surface area (Å²) in [7, 11) is 0. The lowest BCUT2D eigenvalue weighted by Gasteiger charge is -2.08. The van der Waals surface area contributed by atoms with Crippen LogP contribution >= 0.6 is 11.6 Å². The zero-order valence-electron chi connectivity index (χ0n) is 10.8. The van der Waals surface area contributed by atoms with Crippen molar-refractivity contribution in [3.05, 3.63) is 68.5 Å². The zero-order chi connectivity index (χ0) is 16.3. The molecule has 0 aliphatic heterocycles. The molecular weight excluding hydrogens is 313 g/mol. The predicted octanol–water partition coefficient (Wildman–Crippen LogP) is 3.51. The molecule has 8 heteroatoms. The number of nitrogens with one attached hydrogen (secondary N) is 1. The largest absolute Gasteiger partial charge is 0.319 e. The van der Waals surface area contributed by atoms with Gasteiger partial charge in [0.15, 0.2) is 0 Å². The quantitative estimate of drug-likeness (QED) is 0.691. The lowest BCUT2D eigenvalue weighted by atomic mass is 10.1. The fourth-order valence-corrected chi connectivity index (χ4v) is 1.88. The molecule has 0 aliphatic carbocycles. The standard InChI is InChI=1S/C14H7ClFN3O3/c15-11-3-2-9(19(21)22)6-10(11)14(20)18-13-4-1-8(7-17)5-12(13)16/h1-6H,(H,18,20). The maximum atomic E-state index is 13.7. The molecule has 0 aromatic heterocycles. The van der Waals surface area contributed by atoms with Crippen molar-refractivity contribution in [3.8, 4) is 6.07 Å². The molecule has 0 atom stereocenters. The van der Waals surface area contributed by atoms with Crippen LogP contribution in [0.15, 0.2) is 36.4 Å². The second kappa shape index (κ2) is 6.20. The monoisotopic (exact) mass is 319 g/mol. The van der Waals surface area contributed by atoms with E-state index < -0.39 is 16.6 Å². The summed E-state index contributed by atoms with van der Waals surface area (Å²) in [4.78, 5) is 22.1. The van der Waals surface area contributed by atoms with Gasteiger partial charge in [-0.1, -0.05) is 11.6 Å². The van der Waals surface area contributed by atoms with Gasteiger partial charge in [0.25, 0.3) is 11.6 Å². The highest BCUT2D eigenvalue weighted by Crippen LogP contribution is 2.24. The summed E-state index contributed by atoms with van der Waals surface area (Å²) in [5, 5.41) is 21.6. The van der Waals surface area contributed by atoms with Crippen LogP contribution in [0.5, 0.6) is 0 Å². The van der Waals surface area contributed by atoms with Crippen molar-refractivity contribution in [2.45, 2.75) is 0 Å². The number of nitro groups is 1. The highest BCUT2D eigenvalue weighted by molar-refractivity contribution is 6.34. The Balaban J connectivity index is 2.32. The van der Waals surface area contributed by atoms with Gasteiger partial charge in [-0.25, -0.2) is 4.39 Å². The van der Waals surface area contributed by atoms with Gasteiger partial charge in [-0.3, -0.25) is 14.9 Å². The van der Waals surface area contributed by atoms with Gasteiger partial charge in [0.05, 0.1) is 32.8 Å². The molecular formula is C14H7ClFN3O3. The van der Waals surface area contributed by atoms with Gasteiger partial charge in [0, 0.05) is 12.1 Å². The molecule has 0 aliphatic rings. The number of anilines is 1. The number of nitriles is 1. The SMILES string of the molecule is N#Cc1ccc(NC(=O)c2cc([N+](=O)[O-])ccc2Cl)c(F)c1. The molecule has 0 unspecified atom stereocenters. The topological polar surface area (TPSA) is 96.0 Å². The van der Waals surface area contributed by atoms with Crippen LogP contribution in [0.25, 0.3) is 0 Å². The number of non-ortho nitro benzene ring substituents is 1. The summed E-state index contributed by atoms with van der Waals surface area (Å²) in [6.45, 7) is 0. The third-order valence-electron chi connectivity index (χ3n) is 2.75. The second-order valence-electron chi connectivity index (χ2n) is 4.18. The van der Waals surface area contributed by atoms with Crippen molar-refractivity contribution in [3.63, 3.8) is 0 Å². The van der Waals surface area contributed by atoms with Crippen molar-refractivity contribution >= 4 is 28.9 Å². The summed E-state index contributed by atoms with van der Waals surface area (Å²) >= 11 is 5.83. The van der Waals surface area contributed by atoms with E-state index in [1.165, 1.54) is 18.2 Å². The fraction of sp³-hybridized carbons (Fsp3) is 0. The number of benzene rings is 2. The Bertz CT molecular complexity index is 817. The van der Waals surface area contributed by atoms with E-state index in [1.54, 1.807) is 6.07 Å². The molecule has 0 spiro atoms. The second-order valence-corrected chi connectivity index (χ2v) is 4.59. The molecule has 1 amide bonds. The van der Waals surface area contributed by atoms with E-state index >= 15 is 0 Å². The maximum Gasteiger partial charge on any atom is 0.270 e. The molecule has 6 nitrogen and oxygen atoms in total. The molecule has 1 N–H and O–H groups in total. The molecule has 2 aromatic rings. The minimum atomic E-state index is -0.797. The normalized spacial score (nSPS) is 9.86. The van der Waals surface area contributed by atoms with E-state index in [4.69, 9.17) is 16.9 Å². The average Bonchev–Trinajstić information content (AvgIpc) is 2.49. The number of halogens is 2. The van der Waals surface area contributed by atoms with E-state index in [9.17, 15) is 19.3 Å². The fourth-order valence-electron chi connectivity index (χ4n) is 1.68. The molecule has 0 saturated carbocycles. The Hall–Kier alpha value is -2.98. The summed E-state index contributed by atoms with van der Waals surface area (Å²) in [6, 6.07) is 8.64. The number of amides is 1. The molecule has 0 heterocycles. The summed E-state index contributed by atoms with van der Waals surface area (Å²) in [6.07, 6.45) is 0. The van der Waals surface area contributed by atoms with E-state index in [0.717, 1.165) is 18.2 Å². The Morgan fingerprint density at radius 1 is 1.32 bits per heavy atom. The number of hydrogen-bond donors (Lipinski definition) is 1. The molecule has 0 saturated heterocycles. The predicted molar refractivity (Wildman–Crippen MR) is 77.2 cm³/mol. The lowest BCUT2D eigenvalue weighted by Crippen LogP contribution is -2.14. The zero-order valence-corrected chi connectivity index (χ0v) is 11.6. The Morgan fingerprint density at radius 3 is 2.64 bits per heavy atom. The number of carbonyl (C=O) groups excluding carboxylic acids is 1. The van der Waals surface area contributed by atoms with E-state index in [1.807, 2.05) is 0 Å². The highest BCUT2D eigenvalue weighted by atomic mass is 35.5. The van der Waals surface area contributed by atoms with Crippen LogP contribution in [-0.2, 0) is 0 Å². The number of rotatable bonds is 3. The third kappa shape index (κ3) is 3.19. The summed E-state index contributed by atoms with van der Waals surface area (Å²) in [5.41, 5.74) is -0.523. The van der Waals surface area contributed by atoms with Gasteiger partial charge in [-0.15, -0.1) is 0 Å². The van der Waals surface area contributed by atoms with E-state index in [0.29, 0.717) is 0 Å². The van der Waals surface area contributed by atoms with Crippen molar-refractivity contribution < 1.29 is 14.1 Å². The third-order valence-corrected chi connectivity index (χ3v) is 3.08. The highest BCUT2D eigenvalue weighted by Gasteiger charge is 2.17. The Morgan fingerprint density at radius 2 is 2.05 bits per heavy atom. The van der Waals surface area contributed by atoms with Gasteiger partial charge in [0.2, 0.25) is 0 Å². The van der Waals surface area contributed by atoms with Gasteiger partial charge in [0.1, 0.15) is 5.82 Å². The first-order valence-electron chi connectivity index (χ1n) is 5.87. The van der Waals surface area contributed by atoms with Crippen molar-refractivity contribution in [1.82, 2.24) is 0 Å². The molecule has 2 rings (SSSR count). The van der Waals surface area contributed by atoms with Crippen LogP contribution in [0.2, 0.25) is 5.02 Å². The molecule has 0 bridgehead atoms. The minimum Gasteiger partial charge on any atom is -0.319 e. The van der Waals surface area contributed by atoms with Crippen molar-refractivity contribution in [1.29, 1.82) is 5.26 Å². The van der Waals surface area contributed by atoms with Crippen LogP contribution in [0.3, 0.4) is 0 Å². The van der Waals surface area contributed by atoms with Gasteiger partial charge < -0.3 is 5.32 Å². The van der Waals surface area contributed by atoms with Crippen LogP contribution in [-0.4, -0.2) is 10.8 Å². The first-order valence-corrected chi connectivity index (χ1v) is 6.25. The van der Waals surface area contributed by atoms with E-state index in [-0.39, 0.29) is 27.5 Å². The first kappa shape index (κ1) is 15.4. The van der Waals surface area contributed by atoms with Crippen molar-refractivity contribution in [2.24, 2.45) is 0 Å². The van der Waals surface area contributed by atoms with Crippen LogP contribution in [0.4, 0.5) is 15.8 Å². The Labute approximate surface area is 128 Å². The number of hydrogen-bond acceptors (Lipinski definition) is 4. The average molecular weight is 320 g/mol. The van der Waals surface area contributed by atoms with Crippen LogP contribution in [0, 0.1) is 27.3 Å². The summed E-state index contributed by atoms with van der Waals surface area (Å²) < 4.78 is 13.7. The van der Waals surface area contributed by atoms with Crippen molar-refractivity contribution in [2.75, 3.05) is 5.32 Å². The molecule has 0 radical (unpaired) electrons. The molecule has 110 valence electrons. The first-order chi connectivity index (χ1) is 10.4. The summed E-state index contributed by atoms with van der Waals surface area (Å²) in [5.74, 6) is -1.59. The minimum absolute atomic E-state index is 0.00264. The molecule has 22 heavy (non-hydrogen) atoms. The van der Waals surface area contributed by atoms with E-state index in [2.05, 4.69) is 5.32 Å². The number of nitrogens with zero attached hydrogens (tertiary/aromatic N) is 2. The van der Waals surface area contributed by atoms with Crippen LogP contribution in [0.1, 0.15) is 15.9 Å². The van der Waals surface area contributed by atoms with Gasteiger partial charge >= 0.3 is 0 Å². The lowest BCUT2D eigenvalue weighted by molar-refractivity contribution is -0.384. The number of carbonyl (C=O) groups is 1. The van der Waals surface area contributed by atoms with Gasteiger partial charge in [-0.05, 0) is 24.3 Å². The van der Waals surface area contributed by atoms with Gasteiger partial charge in [-0.2, -0.15) is 5.26 Å². The number of nitro benzene ring substituents is 1. The smallest absolute Gasteiger partial charge is 0.270 e. The molecule has 2 aromatic carbocycles. The Kier molecular flexibility index (Phi) is 4.34.